The summed E-state index contributed by atoms with van der Waals surface area (Å²) in [6.45, 7) is 2.01. The number of hydrogen-bond acceptors (Lipinski definition) is 6. The van der Waals surface area contributed by atoms with Gasteiger partial charge in [0.2, 0.25) is 0 Å². The van der Waals surface area contributed by atoms with Gasteiger partial charge in [-0.15, -0.1) is 0 Å². The van der Waals surface area contributed by atoms with Gasteiger partial charge < -0.3 is 14.5 Å². The van der Waals surface area contributed by atoms with Crippen molar-refractivity contribution >= 4 is 26.7 Å². The highest BCUT2D eigenvalue weighted by Gasteiger charge is 2.42. The third-order valence-corrected chi connectivity index (χ3v) is 7.16. The van der Waals surface area contributed by atoms with Crippen molar-refractivity contribution in [3.63, 3.8) is 0 Å². The van der Waals surface area contributed by atoms with Crippen LogP contribution in [0.2, 0.25) is 0 Å². The number of carbonyl (C=O) groups excluding carboxylic acids is 1. The van der Waals surface area contributed by atoms with Gasteiger partial charge in [-0.3, -0.25) is 9.69 Å². The number of likely N-dealkylation sites (tertiary alicyclic amines) is 1. The first-order chi connectivity index (χ1) is 13.0. The summed E-state index contributed by atoms with van der Waals surface area (Å²) in [6, 6.07) is 6.82. The molecular weight excluding hydrogens is 368 g/mol. The molecule has 1 aromatic carbocycles. The summed E-state index contributed by atoms with van der Waals surface area (Å²) in [5, 5.41) is 3.76. The van der Waals surface area contributed by atoms with Gasteiger partial charge in [-0.05, 0) is 32.0 Å². The number of sulfone groups is 1. The monoisotopic (exact) mass is 392 g/mol. The Morgan fingerprint density at radius 1 is 1.26 bits per heavy atom. The average molecular weight is 392 g/mol. The molecule has 0 aliphatic carbocycles. The molecule has 2 aliphatic rings. The number of rotatable bonds is 5. The van der Waals surface area contributed by atoms with Gasteiger partial charge in [0.25, 0.3) is 5.91 Å². The van der Waals surface area contributed by atoms with Gasteiger partial charge in [0.1, 0.15) is 5.58 Å². The van der Waals surface area contributed by atoms with Gasteiger partial charge in [0.15, 0.2) is 15.6 Å². The smallest absolute Gasteiger partial charge is 0.287 e. The number of nitrogens with one attached hydrogen (secondary N) is 1. The van der Waals surface area contributed by atoms with Gasteiger partial charge in [-0.25, -0.2) is 8.42 Å². The molecule has 2 saturated heterocycles. The Hall–Kier alpha value is -1.90. The minimum Gasteiger partial charge on any atom is -0.451 e. The molecule has 2 atom stereocenters. The zero-order valence-corrected chi connectivity index (χ0v) is 16.1. The fourth-order valence-electron chi connectivity index (χ4n) is 4.20. The summed E-state index contributed by atoms with van der Waals surface area (Å²) in [5.74, 6) is -0.116. The van der Waals surface area contributed by atoms with Crippen LogP contribution >= 0.6 is 0 Å². The van der Waals surface area contributed by atoms with Crippen LogP contribution in [0.5, 0.6) is 0 Å². The number of hydrogen-bond donors (Lipinski definition) is 1. The van der Waals surface area contributed by atoms with Crippen molar-refractivity contribution in [2.45, 2.75) is 31.5 Å². The van der Waals surface area contributed by atoms with Crippen molar-refractivity contribution in [1.82, 2.24) is 10.2 Å². The highest BCUT2D eigenvalue weighted by Crippen LogP contribution is 2.28. The predicted molar refractivity (Wildman–Crippen MR) is 101 cm³/mol. The quantitative estimate of drug-likeness (QED) is 0.831. The van der Waals surface area contributed by atoms with E-state index in [2.05, 4.69) is 10.2 Å². The minimum absolute atomic E-state index is 0.0280. The Balaban J connectivity index is 1.61. The van der Waals surface area contributed by atoms with Crippen molar-refractivity contribution in [2.75, 3.05) is 31.7 Å². The number of amides is 1. The Bertz CT molecular complexity index is 946. The van der Waals surface area contributed by atoms with Gasteiger partial charge in [0, 0.05) is 24.1 Å². The number of benzene rings is 1. The van der Waals surface area contributed by atoms with E-state index in [4.69, 9.17) is 9.15 Å². The molecule has 0 saturated carbocycles. The van der Waals surface area contributed by atoms with Crippen molar-refractivity contribution < 1.29 is 22.4 Å². The molecule has 1 amide bonds. The van der Waals surface area contributed by atoms with Crippen LogP contribution in [0.1, 0.15) is 29.0 Å². The molecule has 1 N–H and O–H groups in total. The molecule has 7 nitrogen and oxygen atoms in total. The van der Waals surface area contributed by atoms with Gasteiger partial charge >= 0.3 is 0 Å². The molecular formula is C19H24N2O5S. The molecule has 8 heteroatoms. The molecule has 4 rings (SSSR count). The second-order valence-electron chi connectivity index (χ2n) is 7.31. The van der Waals surface area contributed by atoms with Crippen LogP contribution in [0.3, 0.4) is 0 Å². The highest BCUT2D eigenvalue weighted by atomic mass is 32.2. The van der Waals surface area contributed by atoms with E-state index in [1.54, 1.807) is 13.2 Å². The van der Waals surface area contributed by atoms with Crippen LogP contribution in [-0.2, 0) is 21.2 Å². The maximum absolute atomic E-state index is 13.0. The molecule has 146 valence electrons. The molecule has 0 bridgehead atoms. The third-order valence-electron chi connectivity index (χ3n) is 5.44. The first-order valence-electron chi connectivity index (χ1n) is 9.23. The SMILES string of the molecule is COCc1c(C(=O)NC2CS(=O)(=O)CC2N2CCCC2)oc2ccccc12. The van der Waals surface area contributed by atoms with Crippen LogP contribution in [0.15, 0.2) is 28.7 Å². The molecule has 27 heavy (non-hydrogen) atoms. The molecule has 0 radical (unpaired) electrons. The molecule has 2 aromatic rings. The van der Waals surface area contributed by atoms with E-state index in [0.29, 0.717) is 11.1 Å². The fourth-order valence-corrected chi connectivity index (χ4v) is 6.16. The molecule has 1 aromatic heterocycles. The van der Waals surface area contributed by atoms with E-state index in [-0.39, 0.29) is 35.8 Å². The highest BCUT2D eigenvalue weighted by molar-refractivity contribution is 7.91. The molecule has 2 fully saturated rings. The standard InChI is InChI=1S/C19H24N2O5S/c1-25-10-14-13-6-2-3-7-17(13)26-18(14)19(22)20-15-11-27(23,24)12-16(15)21-8-4-5-9-21/h2-3,6-7,15-16H,4-5,8-12H2,1H3,(H,20,22). The zero-order valence-electron chi connectivity index (χ0n) is 15.3. The van der Waals surface area contributed by atoms with E-state index >= 15 is 0 Å². The number of nitrogens with zero attached hydrogens (tertiary/aromatic N) is 1. The van der Waals surface area contributed by atoms with Crippen molar-refractivity contribution in [3.8, 4) is 0 Å². The maximum atomic E-state index is 13.0. The topological polar surface area (TPSA) is 88.8 Å². The Kier molecular flexibility index (Phi) is 4.96. The summed E-state index contributed by atoms with van der Waals surface area (Å²) in [7, 11) is -1.60. The largest absolute Gasteiger partial charge is 0.451 e. The maximum Gasteiger partial charge on any atom is 0.287 e. The van der Waals surface area contributed by atoms with Crippen LogP contribution in [0.25, 0.3) is 11.0 Å². The minimum atomic E-state index is -3.17. The summed E-state index contributed by atoms with van der Waals surface area (Å²) < 4.78 is 35.5. The van der Waals surface area contributed by atoms with Crippen LogP contribution in [0.4, 0.5) is 0 Å². The van der Waals surface area contributed by atoms with Crippen molar-refractivity contribution in [3.05, 3.63) is 35.6 Å². The van der Waals surface area contributed by atoms with Crippen LogP contribution in [-0.4, -0.2) is 63.0 Å². The van der Waals surface area contributed by atoms with E-state index in [1.807, 2.05) is 18.2 Å². The number of fused-ring (bicyclic) bond motifs is 1. The Morgan fingerprint density at radius 3 is 2.74 bits per heavy atom. The zero-order chi connectivity index (χ0) is 19.0. The molecule has 2 unspecified atom stereocenters. The van der Waals surface area contributed by atoms with E-state index in [0.717, 1.165) is 31.3 Å². The second kappa shape index (κ2) is 7.26. The molecule has 0 spiro atoms. The summed E-state index contributed by atoms with van der Waals surface area (Å²) >= 11 is 0. The second-order valence-corrected chi connectivity index (χ2v) is 9.46. The summed E-state index contributed by atoms with van der Waals surface area (Å²) in [6.07, 6.45) is 2.14. The lowest BCUT2D eigenvalue weighted by Crippen LogP contribution is -2.50. The normalized spacial score (nSPS) is 25.2. The number of furan rings is 1. The Morgan fingerprint density at radius 2 is 2.00 bits per heavy atom. The first kappa shape index (κ1) is 18.5. The van der Waals surface area contributed by atoms with Crippen molar-refractivity contribution in [2.24, 2.45) is 0 Å². The fraction of sp³-hybridized carbons (Fsp3) is 0.526. The predicted octanol–water partition coefficient (Wildman–Crippen LogP) is 1.57. The number of methoxy groups -OCH3 is 1. The third kappa shape index (κ3) is 3.61. The lowest BCUT2D eigenvalue weighted by atomic mass is 10.1. The lowest BCUT2D eigenvalue weighted by molar-refractivity contribution is 0.0886. The summed E-state index contributed by atoms with van der Waals surface area (Å²) in [5.41, 5.74) is 1.30. The van der Waals surface area contributed by atoms with Gasteiger partial charge in [-0.1, -0.05) is 18.2 Å². The van der Waals surface area contributed by atoms with Gasteiger partial charge in [-0.2, -0.15) is 0 Å². The van der Waals surface area contributed by atoms with E-state index < -0.39 is 15.9 Å². The summed E-state index contributed by atoms with van der Waals surface area (Å²) in [4.78, 5) is 15.1. The Labute approximate surface area is 158 Å². The molecule has 2 aliphatic heterocycles. The van der Waals surface area contributed by atoms with E-state index in [9.17, 15) is 13.2 Å². The van der Waals surface area contributed by atoms with Crippen LogP contribution in [0, 0.1) is 0 Å². The van der Waals surface area contributed by atoms with Gasteiger partial charge in [0.05, 0.1) is 24.2 Å². The van der Waals surface area contributed by atoms with Crippen LogP contribution < -0.4 is 5.32 Å². The van der Waals surface area contributed by atoms with Crippen molar-refractivity contribution in [1.29, 1.82) is 0 Å². The molecule has 3 heterocycles. The number of para-hydroxylation sites is 1. The first-order valence-corrected chi connectivity index (χ1v) is 11.1. The average Bonchev–Trinajstić information content (AvgIpc) is 3.33. The van der Waals surface area contributed by atoms with E-state index in [1.165, 1.54) is 0 Å². The lowest BCUT2D eigenvalue weighted by Gasteiger charge is -2.28. The number of ether oxygens (including phenoxy) is 1. The number of carbonyl (C=O) groups is 1.